The van der Waals surface area contributed by atoms with Gasteiger partial charge < -0.3 is 4.74 Å². The third-order valence-electron chi connectivity index (χ3n) is 3.55. The van der Waals surface area contributed by atoms with Crippen LogP contribution in [0.5, 0.6) is 0 Å². The Kier molecular flexibility index (Phi) is 5.30. The summed E-state index contributed by atoms with van der Waals surface area (Å²) in [6.07, 6.45) is -3.30. The average molecular weight is 296 g/mol. The first-order chi connectivity index (χ1) is 9.99. The highest BCUT2D eigenvalue weighted by Crippen LogP contribution is 2.31. The van der Waals surface area contributed by atoms with Crippen LogP contribution in [0.15, 0.2) is 24.3 Å². The molecule has 0 saturated carbocycles. The second kappa shape index (κ2) is 7.00. The van der Waals surface area contributed by atoms with E-state index in [1.54, 1.807) is 0 Å². The van der Waals surface area contributed by atoms with Crippen LogP contribution in [-0.2, 0) is 11.2 Å². The van der Waals surface area contributed by atoms with Gasteiger partial charge in [0.15, 0.2) is 6.10 Å². The molecule has 1 fully saturated rings. The number of ether oxygens (including phenoxy) is 1. The summed E-state index contributed by atoms with van der Waals surface area (Å²) in [7, 11) is 0. The molecule has 2 atom stereocenters. The van der Waals surface area contributed by atoms with Crippen LogP contribution in [-0.4, -0.2) is 18.9 Å². The molecule has 2 rings (SSSR count). The zero-order valence-electron chi connectivity index (χ0n) is 12.0. The van der Waals surface area contributed by atoms with Gasteiger partial charge in [0.25, 0.3) is 0 Å². The van der Waals surface area contributed by atoms with Crippen molar-refractivity contribution in [2.24, 2.45) is 5.92 Å². The van der Waals surface area contributed by atoms with Gasteiger partial charge in [-0.25, -0.2) is 0 Å². The molecule has 1 aromatic carbocycles. The number of rotatable bonds is 2. The second-order valence-electron chi connectivity index (χ2n) is 5.35. The van der Waals surface area contributed by atoms with Crippen LogP contribution in [0, 0.1) is 17.8 Å². The lowest BCUT2D eigenvalue weighted by Gasteiger charge is -2.27. The Labute approximate surface area is 123 Å². The molecule has 2 unspecified atom stereocenters. The van der Waals surface area contributed by atoms with E-state index in [0.717, 1.165) is 18.4 Å². The topological polar surface area (TPSA) is 9.23 Å². The van der Waals surface area contributed by atoms with Gasteiger partial charge in [-0.3, -0.25) is 0 Å². The van der Waals surface area contributed by atoms with Crippen LogP contribution in [0.3, 0.4) is 0 Å². The number of alkyl halides is 3. The van der Waals surface area contributed by atoms with Crippen molar-refractivity contribution in [2.75, 3.05) is 6.61 Å². The Morgan fingerprint density at radius 1 is 1.19 bits per heavy atom. The molecule has 0 spiro atoms. The van der Waals surface area contributed by atoms with Gasteiger partial charge in [0.2, 0.25) is 0 Å². The summed E-state index contributed by atoms with van der Waals surface area (Å²) in [6.45, 7) is 2.19. The molecule has 1 aromatic rings. The Balaban J connectivity index is 1.89. The van der Waals surface area contributed by atoms with Crippen molar-refractivity contribution < 1.29 is 17.9 Å². The quantitative estimate of drug-likeness (QED) is 0.737. The van der Waals surface area contributed by atoms with Crippen molar-refractivity contribution in [2.45, 2.75) is 44.9 Å². The standard InChI is InChI=1S/C17H19F3O/c1-2-3-13-4-6-14(7-5-13)8-9-15-10-11-16(21-12-15)17(18,19)20/h4-7,15-16H,2-3,10-12H2,1H3. The summed E-state index contributed by atoms with van der Waals surface area (Å²) in [4.78, 5) is 0. The molecule has 1 aliphatic heterocycles. The fourth-order valence-corrected chi connectivity index (χ4v) is 2.35. The second-order valence-corrected chi connectivity index (χ2v) is 5.35. The van der Waals surface area contributed by atoms with Crippen LogP contribution >= 0.6 is 0 Å². The summed E-state index contributed by atoms with van der Waals surface area (Å²) in [5.74, 6) is 5.93. The Morgan fingerprint density at radius 3 is 2.43 bits per heavy atom. The van der Waals surface area contributed by atoms with E-state index in [0.29, 0.717) is 6.42 Å². The maximum Gasteiger partial charge on any atom is 0.414 e. The first kappa shape index (κ1) is 15.9. The van der Waals surface area contributed by atoms with Gasteiger partial charge in [-0.2, -0.15) is 13.2 Å². The lowest BCUT2D eigenvalue weighted by atomic mass is 9.98. The van der Waals surface area contributed by atoms with E-state index in [9.17, 15) is 13.2 Å². The van der Waals surface area contributed by atoms with E-state index in [1.165, 1.54) is 5.56 Å². The highest BCUT2D eigenvalue weighted by molar-refractivity contribution is 5.36. The molecule has 0 N–H and O–H groups in total. The van der Waals surface area contributed by atoms with Crippen molar-refractivity contribution in [3.05, 3.63) is 35.4 Å². The first-order valence-electron chi connectivity index (χ1n) is 7.28. The van der Waals surface area contributed by atoms with Gasteiger partial charge in [-0.05, 0) is 37.0 Å². The Morgan fingerprint density at radius 2 is 1.90 bits per heavy atom. The normalized spacial score (nSPS) is 22.5. The fourth-order valence-electron chi connectivity index (χ4n) is 2.35. The molecule has 1 aliphatic rings. The van der Waals surface area contributed by atoms with Crippen LogP contribution in [0.1, 0.15) is 37.3 Å². The van der Waals surface area contributed by atoms with Crippen molar-refractivity contribution in [1.82, 2.24) is 0 Å². The highest BCUT2D eigenvalue weighted by Gasteiger charge is 2.42. The predicted octanol–water partition coefficient (Wildman–Crippen LogP) is 4.35. The maximum absolute atomic E-state index is 12.5. The lowest BCUT2D eigenvalue weighted by molar-refractivity contribution is -0.233. The molecule has 0 aromatic heterocycles. The summed E-state index contributed by atoms with van der Waals surface area (Å²) < 4.78 is 42.2. The molecule has 0 radical (unpaired) electrons. The number of hydrogen-bond acceptors (Lipinski definition) is 1. The molecule has 0 aliphatic carbocycles. The largest absolute Gasteiger partial charge is 0.414 e. The molecule has 4 heteroatoms. The minimum Gasteiger partial charge on any atom is -0.367 e. The SMILES string of the molecule is CCCc1ccc(C#CC2CCC(C(F)(F)F)OC2)cc1. The maximum atomic E-state index is 12.5. The van der Waals surface area contributed by atoms with E-state index in [1.807, 2.05) is 24.3 Å². The van der Waals surface area contributed by atoms with Gasteiger partial charge in [0, 0.05) is 11.5 Å². The number of benzene rings is 1. The van der Waals surface area contributed by atoms with Gasteiger partial charge in [0.05, 0.1) is 6.61 Å². The van der Waals surface area contributed by atoms with Crippen LogP contribution in [0.25, 0.3) is 0 Å². The molecular formula is C17H19F3O. The molecule has 1 nitrogen and oxygen atoms in total. The summed E-state index contributed by atoms with van der Waals surface area (Å²) in [6, 6.07) is 8.01. The van der Waals surface area contributed by atoms with Crippen LogP contribution in [0.4, 0.5) is 13.2 Å². The molecule has 1 saturated heterocycles. The lowest BCUT2D eigenvalue weighted by Crippen LogP contribution is -2.37. The third-order valence-corrected chi connectivity index (χ3v) is 3.55. The summed E-state index contributed by atoms with van der Waals surface area (Å²) in [5.41, 5.74) is 2.17. The predicted molar refractivity (Wildman–Crippen MR) is 75.8 cm³/mol. The van der Waals surface area contributed by atoms with Crippen molar-refractivity contribution in [3.8, 4) is 11.8 Å². The molecule has 0 bridgehead atoms. The monoisotopic (exact) mass is 296 g/mol. The summed E-state index contributed by atoms with van der Waals surface area (Å²) >= 11 is 0. The van der Waals surface area contributed by atoms with Gasteiger partial charge >= 0.3 is 6.18 Å². The van der Waals surface area contributed by atoms with Gasteiger partial charge in [0.1, 0.15) is 0 Å². The minimum atomic E-state index is -4.26. The minimum absolute atomic E-state index is 0.00170. The van der Waals surface area contributed by atoms with E-state index in [2.05, 4.69) is 18.8 Å². The number of halogens is 3. The Hall–Kier alpha value is -1.47. The number of hydrogen-bond donors (Lipinski definition) is 0. The molecule has 0 amide bonds. The Bertz CT molecular complexity index is 500. The smallest absolute Gasteiger partial charge is 0.367 e. The van der Waals surface area contributed by atoms with Crippen molar-refractivity contribution >= 4 is 0 Å². The highest BCUT2D eigenvalue weighted by atomic mass is 19.4. The fraction of sp³-hybridized carbons (Fsp3) is 0.529. The molecule has 1 heterocycles. The van der Waals surface area contributed by atoms with Gasteiger partial charge in [-0.1, -0.05) is 37.3 Å². The first-order valence-corrected chi connectivity index (χ1v) is 7.28. The van der Waals surface area contributed by atoms with Crippen LogP contribution < -0.4 is 0 Å². The van der Waals surface area contributed by atoms with E-state index in [4.69, 9.17) is 4.74 Å². The van der Waals surface area contributed by atoms with E-state index >= 15 is 0 Å². The third kappa shape index (κ3) is 4.78. The zero-order chi connectivity index (χ0) is 15.3. The van der Waals surface area contributed by atoms with E-state index in [-0.39, 0.29) is 18.9 Å². The zero-order valence-corrected chi connectivity index (χ0v) is 12.0. The molecular weight excluding hydrogens is 277 g/mol. The van der Waals surface area contributed by atoms with Crippen LogP contribution in [0.2, 0.25) is 0 Å². The van der Waals surface area contributed by atoms with Crippen molar-refractivity contribution in [1.29, 1.82) is 0 Å². The number of aryl methyl sites for hydroxylation is 1. The molecule has 114 valence electrons. The average Bonchev–Trinajstić information content (AvgIpc) is 2.46. The van der Waals surface area contributed by atoms with Gasteiger partial charge in [-0.15, -0.1) is 0 Å². The summed E-state index contributed by atoms with van der Waals surface area (Å²) in [5, 5.41) is 0. The molecule has 21 heavy (non-hydrogen) atoms. The van der Waals surface area contributed by atoms with E-state index < -0.39 is 12.3 Å². The van der Waals surface area contributed by atoms with Crippen molar-refractivity contribution in [3.63, 3.8) is 0 Å².